The quantitative estimate of drug-likeness (QED) is 0.656. The van der Waals surface area contributed by atoms with Crippen LogP contribution in [-0.2, 0) is 14.2 Å². The summed E-state index contributed by atoms with van der Waals surface area (Å²) in [5, 5.41) is 0. The van der Waals surface area contributed by atoms with Crippen molar-refractivity contribution in [2.24, 2.45) is 10.8 Å². The van der Waals surface area contributed by atoms with Crippen LogP contribution in [0.5, 0.6) is 0 Å². The molecule has 2 saturated heterocycles. The van der Waals surface area contributed by atoms with E-state index in [4.69, 9.17) is 14.2 Å². The molecule has 25 heavy (non-hydrogen) atoms. The summed E-state index contributed by atoms with van der Waals surface area (Å²) < 4.78 is 18.3. The minimum absolute atomic E-state index is 0.0439. The van der Waals surface area contributed by atoms with Gasteiger partial charge in [-0.25, -0.2) is 0 Å². The summed E-state index contributed by atoms with van der Waals surface area (Å²) in [6, 6.07) is 0. The van der Waals surface area contributed by atoms with Crippen LogP contribution in [0.2, 0.25) is 0 Å². The zero-order valence-electron chi connectivity index (χ0n) is 15.6. The predicted octanol–water partition coefficient (Wildman–Crippen LogP) is 4.37. The number of hydrogen-bond acceptors (Lipinski definition) is 3. The molecule has 3 heteroatoms. The Balaban J connectivity index is 1.72. The first-order valence-corrected chi connectivity index (χ1v) is 9.72. The van der Waals surface area contributed by atoms with Gasteiger partial charge in [-0.15, -0.1) is 0 Å². The average Bonchev–Trinajstić information content (AvgIpc) is 3.25. The van der Waals surface area contributed by atoms with E-state index in [2.05, 4.69) is 50.3 Å². The minimum atomic E-state index is -0.342. The number of ether oxygens (including phenoxy) is 3. The zero-order valence-corrected chi connectivity index (χ0v) is 15.6. The second kappa shape index (κ2) is 6.53. The predicted molar refractivity (Wildman–Crippen MR) is 99.4 cm³/mol. The zero-order chi connectivity index (χ0) is 17.4. The molecule has 0 aromatic rings. The maximum absolute atomic E-state index is 7.02. The van der Waals surface area contributed by atoms with Crippen molar-refractivity contribution in [3.63, 3.8) is 0 Å². The van der Waals surface area contributed by atoms with Gasteiger partial charge >= 0.3 is 0 Å². The molecule has 0 spiro atoms. The third-order valence-electron chi connectivity index (χ3n) is 6.79. The van der Waals surface area contributed by atoms with Gasteiger partial charge in [0.15, 0.2) is 0 Å². The fourth-order valence-electron chi connectivity index (χ4n) is 4.69. The van der Waals surface area contributed by atoms with E-state index in [1.807, 2.05) is 0 Å². The lowest BCUT2D eigenvalue weighted by Gasteiger charge is -2.57. The first kappa shape index (κ1) is 17.3. The van der Waals surface area contributed by atoms with Crippen molar-refractivity contribution >= 4 is 0 Å². The van der Waals surface area contributed by atoms with E-state index in [0.717, 1.165) is 58.7 Å². The summed E-state index contributed by atoms with van der Waals surface area (Å²) in [6.45, 7) is 8.52. The lowest BCUT2D eigenvalue weighted by molar-refractivity contribution is -0.240. The van der Waals surface area contributed by atoms with Gasteiger partial charge in [-0.3, -0.25) is 0 Å². The highest BCUT2D eigenvalue weighted by atomic mass is 16.5. The number of hydrogen-bond donors (Lipinski definition) is 0. The van der Waals surface area contributed by atoms with E-state index in [9.17, 15) is 0 Å². The molecule has 0 unspecified atom stereocenters. The molecule has 0 saturated carbocycles. The van der Waals surface area contributed by atoms with Crippen LogP contribution in [0.25, 0.3) is 0 Å². The van der Waals surface area contributed by atoms with Gasteiger partial charge in [0, 0.05) is 5.41 Å². The highest BCUT2D eigenvalue weighted by Gasteiger charge is 2.60. The van der Waals surface area contributed by atoms with Crippen LogP contribution < -0.4 is 0 Å². The Kier molecular flexibility index (Phi) is 4.51. The van der Waals surface area contributed by atoms with E-state index in [1.165, 1.54) is 11.1 Å². The molecule has 0 aromatic carbocycles. The minimum Gasteiger partial charge on any atom is -0.380 e. The molecule has 0 aromatic heterocycles. The average molecular weight is 342 g/mol. The summed E-state index contributed by atoms with van der Waals surface area (Å²) in [7, 11) is 0. The van der Waals surface area contributed by atoms with Crippen molar-refractivity contribution in [1.82, 2.24) is 0 Å². The molecule has 0 amide bonds. The Bertz CT molecular complexity index is 589. The topological polar surface area (TPSA) is 27.7 Å². The first-order valence-electron chi connectivity index (χ1n) is 9.72. The molecule has 4 rings (SSSR count). The normalized spacial score (nSPS) is 26.2. The van der Waals surface area contributed by atoms with Crippen molar-refractivity contribution in [3.8, 4) is 0 Å². The highest BCUT2D eigenvalue weighted by Crippen LogP contribution is 2.56. The number of rotatable bonds is 8. The van der Waals surface area contributed by atoms with Crippen molar-refractivity contribution in [1.29, 1.82) is 0 Å². The third kappa shape index (κ3) is 2.51. The van der Waals surface area contributed by atoms with Crippen LogP contribution in [0.1, 0.15) is 39.5 Å². The Morgan fingerprint density at radius 1 is 0.920 bits per heavy atom. The van der Waals surface area contributed by atoms with Crippen molar-refractivity contribution in [3.05, 3.63) is 47.6 Å². The van der Waals surface area contributed by atoms with Crippen LogP contribution in [0.15, 0.2) is 47.6 Å². The second-order valence-electron chi connectivity index (χ2n) is 8.09. The molecule has 2 heterocycles. The van der Waals surface area contributed by atoms with E-state index in [1.54, 1.807) is 0 Å². The molecule has 2 aliphatic carbocycles. The number of allylic oxidation sites excluding steroid dienone is 6. The molecular weight excluding hydrogens is 312 g/mol. The van der Waals surface area contributed by atoms with Gasteiger partial charge in [-0.1, -0.05) is 50.3 Å². The van der Waals surface area contributed by atoms with Gasteiger partial charge < -0.3 is 14.2 Å². The molecule has 2 aliphatic heterocycles. The summed E-state index contributed by atoms with van der Waals surface area (Å²) >= 11 is 0. The fourth-order valence-corrected chi connectivity index (χ4v) is 4.69. The third-order valence-corrected chi connectivity index (χ3v) is 6.79. The van der Waals surface area contributed by atoms with Crippen molar-refractivity contribution in [2.45, 2.75) is 45.1 Å². The standard InChI is InChI=1S/C22H30O3/c1-3-20(13-23-14-20)15-25-22(18-9-5-6-10-18,19-11-7-8-12-19)21(4-2)16-24-17-21/h5-9,11H,3-4,10,12-17H2,1-2H3. The molecule has 4 aliphatic rings. The lowest BCUT2D eigenvalue weighted by atomic mass is 9.60. The highest BCUT2D eigenvalue weighted by molar-refractivity contribution is 5.47. The maximum atomic E-state index is 7.02. The lowest BCUT2D eigenvalue weighted by Crippen LogP contribution is -2.64. The van der Waals surface area contributed by atoms with Crippen LogP contribution in [-0.4, -0.2) is 38.6 Å². The van der Waals surface area contributed by atoms with E-state index in [0.29, 0.717) is 0 Å². The van der Waals surface area contributed by atoms with Gasteiger partial charge in [0.1, 0.15) is 5.60 Å². The summed E-state index contributed by atoms with van der Waals surface area (Å²) in [6.07, 6.45) is 17.6. The van der Waals surface area contributed by atoms with Crippen LogP contribution >= 0.6 is 0 Å². The molecule has 3 nitrogen and oxygen atoms in total. The Morgan fingerprint density at radius 2 is 1.52 bits per heavy atom. The second-order valence-corrected chi connectivity index (χ2v) is 8.09. The smallest absolute Gasteiger partial charge is 0.121 e. The first-order chi connectivity index (χ1) is 12.2. The monoisotopic (exact) mass is 342 g/mol. The van der Waals surface area contributed by atoms with Gasteiger partial charge in [-0.05, 0) is 36.8 Å². The summed E-state index contributed by atoms with van der Waals surface area (Å²) in [4.78, 5) is 0. The molecular formula is C22H30O3. The van der Waals surface area contributed by atoms with Gasteiger partial charge in [0.25, 0.3) is 0 Å². The van der Waals surface area contributed by atoms with Crippen molar-refractivity contribution < 1.29 is 14.2 Å². The van der Waals surface area contributed by atoms with Gasteiger partial charge in [0.05, 0.1) is 38.4 Å². The van der Waals surface area contributed by atoms with E-state index in [-0.39, 0.29) is 16.4 Å². The van der Waals surface area contributed by atoms with Crippen LogP contribution in [0, 0.1) is 10.8 Å². The van der Waals surface area contributed by atoms with E-state index < -0.39 is 0 Å². The molecule has 0 bridgehead atoms. The molecule has 0 atom stereocenters. The molecule has 2 fully saturated rings. The van der Waals surface area contributed by atoms with Gasteiger partial charge in [0.2, 0.25) is 0 Å². The Morgan fingerprint density at radius 3 is 1.84 bits per heavy atom. The van der Waals surface area contributed by atoms with Crippen LogP contribution in [0.4, 0.5) is 0 Å². The fraction of sp³-hybridized carbons (Fsp3) is 0.636. The molecule has 136 valence electrons. The van der Waals surface area contributed by atoms with Crippen molar-refractivity contribution in [2.75, 3.05) is 33.0 Å². The van der Waals surface area contributed by atoms with Gasteiger partial charge in [-0.2, -0.15) is 0 Å². The summed E-state index contributed by atoms with van der Waals surface area (Å²) in [5.41, 5.74) is 2.69. The Labute approximate surface area is 151 Å². The SMILES string of the molecule is CCC1(COC(C2=CC=CC2)(C2=CC=CC2)C2(CC)COC2)COC1. The van der Waals surface area contributed by atoms with E-state index >= 15 is 0 Å². The van der Waals surface area contributed by atoms with Crippen LogP contribution in [0.3, 0.4) is 0 Å². The largest absolute Gasteiger partial charge is 0.380 e. The molecule has 0 N–H and O–H groups in total. The Hall–Kier alpha value is -1.16. The maximum Gasteiger partial charge on any atom is 0.121 e. The molecule has 0 radical (unpaired) electrons. The summed E-state index contributed by atoms with van der Waals surface area (Å²) in [5.74, 6) is 0.